The Morgan fingerprint density at radius 2 is 1.79 bits per heavy atom. The summed E-state index contributed by atoms with van der Waals surface area (Å²) in [5.74, 6) is -1.12. The first-order chi connectivity index (χ1) is 8.93. The van der Waals surface area contributed by atoms with Gasteiger partial charge in [0.05, 0.1) is 0 Å². The van der Waals surface area contributed by atoms with E-state index >= 15 is 0 Å². The van der Waals surface area contributed by atoms with Gasteiger partial charge in [-0.2, -0.15) is 0 Å². The van der Waals surface area contributed by atoms with Crippen molar-refractivity contribution < 1.29 is 14.7 Å². The minimum atomic E-state index is -0.993. The van der Waals surface area contributed by atoms with E-state index in [0.717, 1.165) is 12.0 Å². The van der Waals surface area contributed by atoms with E-state index in [2.05, 4.69) is 5.32 Å². The summed E-state index contributed by atoms with van der Waals surface area (Å²) in [6, 6.07) is 6.38. The zero-order chi connectivity index (χ0) is 14.4. The number of hydrogen-bond donors (Lipinski definition) is 2. The number of nitrogens with one attached hydrogen (secondary N) is 1. The molecule has 1 amide bonds. The van der Waals surface area contributed by atoms with Crippen molar-refractivity contribution in [3.63, 3.8) is 0 Å². The number of carbonyl (C=O) groups is 2. The Balaban J connectivity index is 2.72. The molecule has 104 valence electrons. The fourth-order valence-electron chi connectivity index (χ4n) is 1.83. The second-order valence-corrected chi connectivity index (χ2v) is 5.04. The molecule has 4 nitrogen and oxygen atoms in total. The predicted molar refractivity (Wildman–Crippen MR) is 74.2 cm³/mol. The molecule has 1 aromatic carbocycles. The van der Waals surface area contributed by atoms with E-state index in [0.29, 0.717) is 12.0 Å². The molecule has 0 aliphatic carbocycles. The number of benzene rings is 1. The summed E-state index contributed by atoms with van der Waals surface area (Å²) in [7, 11) is 0. The van der Waals surface area contributed by atoms with Crippen LogP contribution in [0.4, 0.5) is 0 Å². The fraction of sp³-hybridized carbons (Fsp3) is 0.467. The molecule has 0 heterocycles. The highest BCUT2D eigenvalue weighted by molar-refractivity contribution is 5.96. The first-order valence-electron chi connectivity index (χ1n) is 6.56. The van der Waals surface area contributed by atoms with E-state index in [9.17, 15) is 9.59 Å². The maximum absolute atomic E-state index is 12.0. The van der Waals surface area contributed by atoms with Gasteiger partial charge in [0.15, 0.2) is 0 Å². The van der Waals surface area contributed by atoms with Gasteiger partial charge in [0.2, 0.25) is 0 Å². The molecule has 0 aliphatic heterocycles. The van der Waals surface area contributed by atoms with Crippen LogP contribution in [-0.4, -0.2) is 23.0 Å². The first kappa shape index (κ1) is 15.2. The Morgan fingerprint density at radius 1 is 1.21 bits per heavy atom. The van der Waals surface area contributed by atoms with E-state index in [4.69, 9.17) is 5.11 Å². The lowest BCUT2D eigenvalue weighted by Gasteiger charge is -2.16. The van der Waals surface area contributed by atoms with Crippen LogP contribution in [0.5, 0.6) is 0 Å². The van der Waals surface area contributed by atoms with Crippen molar-refractivity contribution in [3.8, 4) is 0 Å². The summed E-state index contributed by atoms with van der Waals surface area (Å²) in [6.07, 6.45) is 1.33. The maximum Gasteiger partial charge on any atom is 0.326 e. The van der Waals surface area contributed by atoms with Crippen LogP contribution in [0.2, 0.25) is 0 Å². The summed E-state index contributed by atoms with van der Waals surface area (Å²) in [4.78, 5) is 23.1. The van der Waals surface area contributed by atoms with Crippen LogP contribution in [0.25, 0.3) is 0 Å². The van der Waals surface area contributed by atoms with Crippen LogP contribution in [0, 0.1) is 5.92 Å². The lowest BCUT2D eigenvalue weighted by atomic mass is 10.0. The number of aryl methyl sites for hydroxylation is 1. The molecule has 4 heteroatoms. The number of hydrogen-bond acceptors (Lipinski definition) is 2. The van der Waals surface area contributed by atoms with E-state index in [-0.39, 0.29) is 11.8 Å². The average molecular weight is 263 g/mol. The van der Waals surface area contributed by atoms with Gasteiger partial charge in [-0.15, -0.1) is 0 Å². The van der Waals surface area contributed by atoms with E-state index in [1.807, 2.05) is 32.9 Å². The highest BCUT2D eigenvalue weighted by Gasteiger charge is 2.21. The van der Waals surface area contributed by atoms with E-state index < -0.39 is 12.0 Å². The molecule has 0 unspecified atom stereocenters. The number of aliphatic carboxylic acids is 1. The van der Waals surface area contributed by atoms with Crippen LogP contribution in [-0.2, 0) is 11.2 Å². The monoisotopic (exact) mass is 263 g/mol. The van der Waals surface area contributed by atoms with Gasteiger partial charge in [0.25, 0.3) is 5.91 Å². The summed E-state index contributed by atoms with van der Waals surface area (Å²) in [5.41, 5.74) is 1.64. The molecule has 0 saturated heterocycles. The van der Waals surface area contributed by atoms with Gasteiger partial charge < -0.3 is 10.4 Å². The molecule has 1 aromatic rings. The summed E-state index contributed by atoms with van der Waals surface area (Å²) in [6.45, 7) is 5.90. The third-order valence-electron chi connectivity index (χ3n) is 2.93. The molecular formula is C15H21NO3. The third-order valence-corrected chi connectivity index (χ3v) is 2.93. The van der Waals surface area contributed by atoms with Crippen molar-refractivity contribution in [1.82, 2.24) is 5.32 Å². The lowest BCUT2D eigenvalue weighted by molar-refractivity contribution is -0.139. The number of carbonyl (C=O) groups excluding carboxylic acids is 1. The van der Waals surface area contributed by atoms with Crippen LogP contribution in [0.15, 0.2) is 24.3 Å². The minimum Gasteiger partial charge on any atom is -0.480 e. The van der Waals surface area contributed by atoms with Crippen molar-refractivity contribution >= 4 is 11.9 Å². The van der Waals surface area contributed by atoms with E-state index in [1.54, 1.807) is 12.1 Å². The summed E-state index contributed by atoms with van der Waals surface area (Å²) in [5, 5.41) is 11.6. The minimum absolute atomic E-state index is 0.212. The van der Waals surface area contributed by atoms with Gasteiger partial charge in [0.1, 0.15) is 6.04 Å². The number of carboxylic acids is 1. The lowest BCUT2D eigenvalue weighted by Crippen LogP contribution is -2.41. The number of amides is 1. The smallest absolute Gasteiger partial charge is 0.326 e. The van der Waals surface area contributed by atoms with Gasteiger partial charge in [-0.1, -0.05) is 32.9 Å². The Bertz CT molecular complexity index is 437. The molecular weight excluding hydrogens is 242 g/mol. The Hall–Kier alpha value is -1.84. The van der Waals surface area contributed by atoms with Gasteiger partial charge in [-0.3, -0.25) is 4.79 Å². The molecule has 0 spiro atoms. The molecule has 0 fully saturated rings. The van der Waals surface area contributed by atoms with Crippen molar-refractivity contribution in [1.29, 1.82) is 0 Å². The van der Waals surface area contributed by atoms with Gasteiger partial charge in [0, 0.05) is 5.56 Å². The Kier molecular flexibility index (Phi) is 5.55. The van der Waals surface area contributed by atoms with Crippen molar-refractivity contribution in [2.45, 2.75) is 39.7 Å². The molecule has 0 bridgehead atoms. The highest BCUT2D eigenvalue weighted by atomic mass is 16.4. The van der Waals surface area contributed by atoms with Crippen LogP contribution in [0.1, 0.15) is 43.1 Å². The normalized spacial score (nSPS) is 12.2. The van der Waals surface area contributed by atoms with E-state index in [1.165, 1.54) is 0 Å². The Morgan fingerprint density at radius 3 is 2.21 bits per heavy atom. The van der Waals surface area contributed by atoms with Crippen LogP contribution in [0.3, 0.4) is 0 Å². The van der Waals surface area contributed by atoms with Crippen molar-refractivity contribution in [2.24, 2.45) is 5.92 Å². The third kappa shape index (κ3) is 4.73. The largest absolute Gasteiger partial charge is 0.480 e. The van der Waals surface area contributed by atoms with Gasteiger partial charge >= 0.3 is 5.97 Å². The maximum atomic E-state index is 12.0. The second-order valence-electron chi connectivity index (χ2n) is 5.04. The fourth-order valence-corrected chi connectivity index (χ4v) is 1.83. The highest BCUT2D eigenvalue weighted by Crippen LogP contribution is 2.08. The second kappa shape index (κ2) is 6.92. The Labute approximate surface area is 113 Å². The standard InChI is InChI=1S/C15H21NO3/c1-4-11-5-7-12(8-6-11)14(17)16-13(15(18)19)9-10(2)3/h5-8,10,13H,4,9H2,1-3H3,(H,16,17)(H,18,19)/t13-/m1/s1. The van der Waals surface area contributed by atoms with Gasteiger partial charge in [-0.05, 0) is 36.5 Å². The summed E-state index contributed by atoms with van der Waals surface area (Å²) < 4.78 is 0. The number of carboxylic acid groups (broad SMARTS) is 1. The number of rotatable bonds is 6. The predicted octanol–water partition coefficient (Wildman–Crippen LogP) is 2.48. The zero-order valence-corrected chi connectivity index (χ0v) is 11.6. The molecule has 0 saturated carbocycles. The van der Waals surface area contributed by atoms with Crippen molar-refractivity contribution in [3.05, 3.63) is 35.4 Å². The molecule has 19 heavy (non-hydrogen) atoms. The van der Waals surface area contributed by atoms with Gasteiger partial charge in [-0.25, -0.2) is 4.79 Å². The summed E-state index contributed by atoms with van der Waals surface area (Å²) >= 11 is 0. The molecule has 0 aliphatic rings. The topological polar surface area (TPSA) is 66.4 Å². The molecule has 1 rings (SSSR count). The molecule has 2 N–H and O–H groups in total. The molecule has 0 radical (unpaired) electrons. The van der Waals surface area contributed by atoms with Crippen LogP contribution < -0.4 is 5.32 Å². The zero-order valence-electron chi connectivity index (χ0n) is 11.6. The quantitative estimate of drug-likeness (QED) is 0.828. The molecule has 1 atom stereocenters. The molecule has 0 aromatic heterocycles. The van der Waals surface area contributed by atoms with Crippen molar-refractivity contribution in [2.75, 3.05) is 0 Å². The SMILES string of the molecule is CCc1ccc(C(=O)N[C@H](CC(C)C)C(=O)O)cc1. The van der Waals surface area contributed by atoms with Crippen LogP contribution >= 0.6 is 0 Å². The first-order valence-corrected chi connectivity index (χ1v) is 6.56. The average Bonchev–Trinajstić information content (AvgIpc) is 2.37.